The van der Waals surface area contributed by atoms with E-state index >= 15 is 0 Å². The Labute approximate surface area is 103 Å². The molecule has 4 nitrogen and oxygen atoms in total. The molecule has 3 heterocycles. The van der Waals surface area contributed by atoms with Gasteiger partial charge in [-0.2, -0.15) is 0 Å². The molecule has 0 aromatic carbocycles. The van der Waals surface area contributed by atoms with Crippen LogP contribution in [0, 0.1) is 0 Å². The van der Waals surface area contributed by atoms with Crippen molar-refractivity contribution in [3.8, 4) is 0 Å². The summed E-state index contributed by atoms with van der Waals surface area (Å²) < 4.78 is 16.9. The van der Waals surface area contributed by atoms with Crippen LogP contribution in [0.2, 0.25) is 0 Å². The molecule has 0 aromatic heterocycles. The lowest BCUT2D eigenvalue weighted by molar-refractivity contribution is -0.174. The first kappa shape index (κ1) is 11.9. The minimum Gasteiger partial charge on any atom is -0.330 e. The van der Waals surface area contributed by atoms with Crippen molar-refractivity contribution in [2.45, 2.75) is 75.7 Å². The van der Waals surface area contributed by atoms with E-state index < -0.39 is 5.97 Å². The molecule has 0 radical (unpaired) electrons. The summed E-state index contributed by atoms with van der Waals surface area (Å²) in [7, 11) is 0. The van der Waals surface area contributed by atoms with Crippen LogP contribution >= 0.6 is 0 Å². The summed E-state index contributed by atoms with van der Waals surface area (Å²) in [6.07, 6.45) is 9.44. The third-order valence-electron chi connectivity index (χ3n) is 4.27. The van der Waals surface area contributed by atoms with Crippen molar-refractivity contribution in [2.75, 3.05) is 6.54 Å². The van der Waals surface area contributed by atoms with Crippen LogP contribution in [-0.4, -0.2) is 23.9 Å². The highest BCUT2D eigenvalue weighted by Crippen LogP contribution is 2.84. The lowest BCUT2D eigenvalue weighted by atomic mass is 9.83. The molecule has 3 fully saturated rings. The molecule has 2 N–H and O–H groups in total. The molecule has 4 heteroatoms. The van der Waals surface area contributed by atoms with Crippen LogP contribution in [0.4, 0.5) is 0 Å². The quantitative estimate of drug-likeness (QED) is 0.497. The van der Waals surface area contributed by atoms with Crippen LogP contribution in [0.5, 0.6) is 0 Å². The third kappa shape index (κ3) is 1.51. The van der Waals surface area contributed by atoms with Crippen LogP contribution < -0.4 is 5.73 Å². The van der Waals surface area contributed by atoms with E-state index in [1.165, 1.54) is 32.1 Å². The van der Waals surface area contributed by atoms with Crippen molar-refractivity contribution >= 4 is 0 Å². The van der Waals surface area contributed by atoms with E-state index in [2.05, 4.69) is 6.92 Å². The molecule has 0 amide bonds. The molecule has 3 aliphatic heterocycles. The van der Waals surface area contributed by atoms with Gasteiger partial charge in [0.05, 0.1) is 0 Å². The standard InChI is InChI=1S/C13H23NO3/c1-2-3-4-5-6-8-11(9-7-10-14)12-13(15-11,16-12)17-12/h2-10,14H2,1H3. The fourth-order valence-electron chi connectivity index (χ4n) is 3.14. The van der Waals surface area contributed by atoms with Crippen LogP contribution in [0.1, 0.15) is 58.3 Å². The molecule has 0 bridgehead atoms. The van der Waals surface area contributed by atoms with Crippen LogP contribution in [0.15, 0.2) is 0 Å². The van der Waals surface area contributed by atoms with Gasteiger partial charge in [-0.15, -0.1) is 0 Å². The number of epoxide rings is 2. The monoisotopic (exact) mass is 241 g/mol. The Balaban J connectivity index is 1.45. The molecule has 0 aliphatic carbocycles. The molecule has 3 saturated heterocycles. The highest BCUT2D eigenvalue weighted by atomic mass is 17.2. The summed E-state index contributed by atoms with van der Waals surface area (Å²) in [5.74, 6) is -0.912. The summed E-state index contributed by atoms with van der Waals surface area (Å²) in [6, 6.07) is 0. The molecule has 98 valence electrons. The zero-order valence-corrected chi connectivity index (χ0v) is 10.7. The second-order valence-electron chi connectivity index (χ2n) is 5.53. The van der Waals surface area contributed by atoms with Crippen molar-refractivity contribution in [1.82, 2.24) is 0 Å². The summed E-state index contributed by atoms with van der Waals surface area (Å²) >= 11 is 0. The van der Waals surface area contributed by atoms with Crippen LogP contribution in [-0.2, 0) is 14.2 Å². The van der Waals surface area contributed by atoms with E-state index in [4.69, 9.17) is 19.9 Å². The van der Waals surface area contributed by atoms with E-state index in [9.17, 15) is 0 Å². The van der Waals surface area contributed by atoms with Gasteiger partial charge in [-0.3, -0.25) is 9.47 Å². The highest BCUT2D eigenvalue weighted by Gasteiger charge is 3.09. The van der Waals surface area contributed by atoms with Gasteiger partial charge < -0.3 is 10.5 Å². The first-order valence-electron chi connectivity index (χ1n) is 7.05. The van der Waals surface area contributed by atoms with Gasteiger partial charge >= 0.3 is 5.97 Å². The van der Waals surface area contributed by atoms with E-state index in [0.29, 0.717) is 6.54 Å². The molecule has 17 heavy (non-hydrogen) atoms. The predicted molar refractivity (Wildman–Crippen MR) is 63.1 cm³/mol. The third-order valence-corrected chi connectivity index (χ3v) is 4.27. The van der Waals surface area contributed by atoms with Gasteiger partial charge in [0, 0.05) is 0 Å². The van der Waals surface area contributed by atoms with Crippen molar-refractivity contribution < 1.29 is 14.2 Å². The summed E-state index contributed by atoms with van der Waals surface area (Å²) in [5, 5.41) is 0. The van der Waals surface area contributed by atoms with E-state index in [1.54, 1.807) is 0 Å². The highest BCUT2D eigenvalue weighted by molar-refractivity contribution is 5.32. The maximum absolute atomic E-state index is 5.86. The van der Waals surface area contributed by atoms with Gasteiger partial charge in [-0.05, 0) is 25.8 Å². The molecule has 1 unspecified atom stereocenters. The molecule has 0 spiro atoms. The Kier molecular flexibility index (Phi) is 2.74. The maximum Gasteiger partial charge on any atom is 0.350 e. The zero-order valence-electron chi connectivity index (χ0n) is 10.7. The molecule has 0 aromatic rings. The lowest BCUT2D eigenvalue weighted by Gasteiger charge is -2.33. The van der Waals surface area contributed by atoms with Gasteiger partial charge in [-0.25, -0.2) is 0 Å². The SMILES string of the molecule is CCCCCCCC1(CCCN)OC23OC12O3. The second kappa shape index (κ2) is 3.92. The lowest BCUT2D eigenvalue weighted by Crippen LogP contribution is -2.49. The Morgan fingerprint density at radius 3 is 2.12 bits per heavy atom. The van der Waals surface area contributed by atoms with Crippen molar-refractivity contribution in [3.63, 3.8) is 0 Å². The van der Waals surface area contributed by atoms with Gasteiger partial charge in [-0.1, -0.05) is 39.0 Å². The van der Waals surface area contributed by atoms with Gasteiger partial charge in [0.1, 0.15) is 5.60 Å². The Bertz CT molecular complexity index is 301. The first-order chi connectivity index (χ1) is 8.24. The topological polar surface area (TPSA) is 60.3 Å². The number of nitrogens with two attached hydrogens (primary N) is 1. The van der Waals surface area contributed by atoms with Crippen LogP contribution in [0.3, 0.4) is 0 Å². The normalized spacial score (nSPS) is 44.8. The van der Waals surface area contributed by atoms with Crippen molar-refractivity contribution in [1.29, 1.82) is 0 Å². The van der Waals surface area contributed by atoms with Gasteiger partial charge in [0.2, 0.25) is 0 Å². The molecular weight excluding hydrogens is 218 g/mol. The average Bonchev–Trinajstić information content (AvgIpc) is 3.02. The number of ether oxygens (including phenoxy) is 3. The number of unbranched alkanes of at least 4 members (excludes halogenated alkanes) is 4. The molecule has 3 aliphatic rings. The molecule has 1 atom stereocenters. The van der Waals surface area contributed by atoms with Crippen molar-refractivity contribution in [3.05, 3.63) is 0 Å². The predicted octanol–water partition coefficient (Wildman–Crippen LogP) is 2.27. The zero-order chi connectivity index (χ0) is 12.0. The molecule has 3 rings (SSSR count). The fraction of sp³-hybridized carbons (Fsp3) is 1.00. The summed E-state index contributed by atoms with van der Waals surface area (Å²) in [5.41, 5.74) is 5.42. The largest absolute Gasteiger partial charge is 0.350 e. The molecule has 0 saturated carbocycles. The Morgan fingerprint density at radius 2 is 1.59 bits per heavy atom. The van der Waals surface area contributed by atoms with E-state index in [1.807, 2.05) is 0 Å². The molecular formula is C13H23NO3. The maximum atomic E-state index is 5.86. The van der Waals surface area contributed by atoms with E-state index in [-0.39, 0.29) is 11.4 Å². The minimum atomic E-state index is -0.578. The smallest absolute Gasteiger partial charge is 0.330 e. The van der Waals surface area contributed by atoms with Crippen LogP contribution in [0.25, 0.3) is 0 Å². The van der Waals surface area contributed by atoms with Crippen molar-refractivity contribution in [2.24, 2.45) is 5.73 Å². The van der Waals surface area contributed by atoms with Gasteiger partial charge in [0.25, 0.3) is 5.79 Å². The number of hydrogen-bond acceptors (Lipinski definition) is 4. The number of rotatable bonds is 9. The van der Waals surface area contributed by atoms with E-state index in [0.717, 1.165) is 19.3 Å². The average molecular weight is 241 g/mol. The Morgan fingerprint density at radius 1 is 0.882 bits per heavy atom. The number of hydrogen-bond donors (Lipinski definition) is 1. The van der Waals surface area contributed by atoms with Gasteiger partial charge in [0.15, 0.2) is 0 Å². The summed E-state index contributed by atoms with van der Waals surface area (Å²) in [6.45, 7) is 2.95. The Hall–Kier alpha value is -0.160. The minimum absolute atomic E-state index is 0.168. The first-order valence-corrected chi connectivity index (χ1v) is 7.05. The fourth-order valence-corrected chi connectivity index (χ4v) is 3.14. The second-order valence-corrected chi connectivity index (χ2v) is 5.53. The summed E-state index contributed by atoms with van der Waals surface area (Å²) in [4.78, 5) is 0.